The van der Waals surface area contributed by atoms with Gasteiger partial charge in [0.1, 0.15) is 30.7 Å². The van der Waals surface area contributed by atoms with Crippen molar-refractivity contribution >= 4 is 6.29 Å². The summed E-state index contributed by atoms with van der Waals surface area (Å²) in [6.07, 6.45) is -2.28. The predicted molar refractivity (Wildman–Crippen MR) is 147 cm³/mol. The van der Waals surface area contributed by atoms with E-state index in [0.29, 0.717) is 13.2 Å². The number of hydrogen-bond donors (Lipinski definition) is 2. The number of methoxy groups -OCH3 is 1. The molecule has 224 valence electrons. The first-order valence-electron chi connectivity index (χ1n) is 14.1. The third-order valence-corrected chi connectivity index (χ3v) is 6.41. The van der Waals surface area contributed by atoms with E-state index in [9.17, 15) is 19.4 Å². The topological polar surface area (TPSA) is 113 Å². The molecule has 40 heavy (non-hydrogen) atoms. The SMILES string of the molecule is CCOCCc1ccc(C2OCC3OC(OC)C(O)C(O)C3O2)cc1.CCOCCc1ccc(C=O)cc1.[2H]CF. The number of aliphatic hydroxyl groups is 2. The molecule has 2 aromatic carbocycles. The number of halogens is 1. The molecule has 0 spiro atoms. The Bertz CT molecular complexity index is 961. The quantitative estimate of drug-likeness (QED) is 0.311. The van der Waals surface area contributed by atoms with Gasteiger partial charge in [-0.15, -0.1) is 0 Å². The maximum Gasteiger partial charge on any atom is 0.186 e. The molecule has 2 fully saturated rings. The van der Waals surface area contributed by atoms with Gasteiger partial charge in [0.25, 0.3) is 0 Å². The third kappa shape index (κ3) is 10.3. The molecule has 9 nitrogen and oxygen atoms in total. The zero-order chi connectivity index (χ0) is 30.0. The number of carbonyl (C=O) groups is 1. The van der Waals surface area contributed by atoms with Crippen LogP contribution in [0, 0.1) is 0 Å². The monoisotopic (exact) mass is 567 g/mol. The second kappa shape index (κ2) is 19.0. The smallest absolute Gasteiger partial charge is 0.186 e. The van der Waals surface area contributed by atoms with Crippen LogP contribution in [0.15, 0.2) is 48.5 Å². The van der Waals surface area contributed by atoms with Crippen LogP contribution >= 0.6 is 0 Å². The highest BCUT2D eigenvalue weighted by Gasteiger charge is 2.49. The van der Waals surface area contributed by atoms with Crippen LogP contribution in [0.2, 0.25) is 0 Å². The first-order valence-corrected chi connectivity index (χ1v) is 13.4. The molecule has 0 aromatic heterocycles. The fraction of sp³-hybridized carbons (Fsp3) is 0.567. The molecule has 2 N–H and O–H groups in total. The number of benzene rings is 2. The van der Waals surface area contributed by atoms with Crippen LogP contribution in [0.5, 0.6) is 0 Å². The molecular weight excluding hydrogens is 523 g/mol. The van der Waals surface area contributed by atoms with Gasteiger partial charge < -0.3 is 38.6 Å². The van der Waals surface area contributed by atoms with Gasteiger partial charge in [0.05, 0.1) is 28.3 Å². The highest BCUT2D eigenvalue weighted by molar-refractivity contribution is 5.74. The Balaban J connectivity index is 0.000000309. The lowest BCUT2D eigenvalue weighted by molar-refractivity contribution is -0.358. The molecule has 4 rings (SSSR count). The van der Waals surface area contributed by atoms with Crippen molar-refractivity contribution in [3.05, 3.63) is 70.8 Å². The van der Waals surface area contributed by atoms with Crippen molar-refractivity contribution in [1.29, 1.82) is 0 Å². The minimum atomic E-state index is -1.16. The molecule has 0 radical (unpaired) electrons. The van der Waals surface area contributed by atoms with Crippen LogP contribution in [-0.4, -0.2) is 94.5 Å². The number of aliphatic hydroxyl groups excluding tert-OH is 2. The molecule has 0 saturated carbocycles. The summed E-state index contributed by atoms with van der Waals surface area (Å²) in [6.45, 7) is 7.12. The summed E-state index contributed by atoms with van der Waals surface area (Å²) in [5, 5.41) is 20.3. The second-order valence-electron chi connectivity index (χ2n) is 9.02. The van der Waals surface area contributed by atoms with E-state index in [2.05, 4.69) is 0 Å². The highest BCUT2D eigenvalue weighted by atomic mass is 19.1. The molecule has 6 atom stereocenters. The fourth-order valence-electron chi connectivity index (χ4n) is 4.21. The van der Waals surface area contributed by atoms with E-state index in [1.807, 2.05) is 62.4 Å². The predicted octanol–water partition coefficient (Wildman–Crippen LogP) is 3.44. The lowest BCUT2D eigenvalue weighted by Gasteiger charge is -2.45. The normalized spacial score (nSPS) is 25.8. The van der Waals surface area contributed by atoms with Gasteiger partial charge in [0.15, 0.2) is 12.6 Å². The standard InChI is InChI=1S/C18H26O7.C11H14O2.CH3F/c1-3-22-9-8-11-4-6-12(7-5-11)17-23-10-13-16(25-17)14(19)15(20)18(21-2)24-13;1-2-13-8-7-10-3-5-11(9-12)6-4-10;1-2/h4-7,13-20H,3,8-10H2,1-2H3;3-6,9H,2,7-8H2,1H3;1H3/i;;1D. The van der Waals surface area contributed by atoms with Gasteiger partial charge in [-0.1, -0.05) is 48.5 Å². The van der Waals surface area contributed by atoms with Gasteiger partial charge in [-0.05, 0) is 37.8 Å². The number of rotatable bonds is 11. The van der Waals surface area contributed by atoms with E-state index in [1.165, 1.54) is 18.2 Å². The zero-order valence-corrected chi connectivity index (χ0v) is 23.4. The average Bonchev–Trinajstić information content (AvgIpc) is 3.00. The largest absolute Gasteiger partial charge is 0.387 e. The van der Waals surface area contributed by atoms with Crippen LogP contribution in [-0.2, 0) is 41.3 Å². The first-order chi connectivity index (χ1) is 19.9. The van der Waals surface area contributed by atoms with Crippen molar-refractivity contribution in [1.82, 2.24) is 0 Å². The molecule has 0 bridgehead atoms. The van der Waals surface area contributed by atoms with Crippen LogP contribution in [0.4, 0.5) is 4.39 Å². The summed E-state index contributed by atoms with van der Waals surface area (Å²) in [5.74, 6) is 0. The molecule has 0 amide bonds. The summed E-state index contributed by atoms with van der Waals surface area (Å²) in [7, 11) is 0.418. The summed E-state index contributed by atoms with van der Waals surface area (Å²) >= 11 is 0. The van der Waals surface area contributed by atoms with Gasteiger partial charge in [0, 0.05) is 31.5 Å². The van der Waals surface area contributed by atoms with E-state index in [-0.39, 0.29) is 6.61 Å². The lowest BCUT2D eigenvalue weighted by Crippen LogP contribution is -2.62. The van der Waals surface area contributed by atoms with Crippen molar-refractivity contribution in [2.75, 3.05) is 47.3 Å². The Labute approximate surface area is 237 Å². The molecule has 0 aliphatic carbocycles. The van der Waals surface area contributed by atoms with Gasteiger partial charge in [-0.3, -0.25) is 9.18 Å². The zero-order valence-electron chi connectivity index (χ0n) is 24.4. The second-order valence-corrected chi connectivity index (χ2v) is 9.02. The molecule has 2 saturated heterocycles. The number of aldehydes is 1. The van der Waals surface area contributed by atoms with Crippen molar-refractivity contribution in [2.24, 2.45) is 0 Å². The van der Waals surface area contributed by atoms with Gasteiger partial charge in [-0.25, -0.2) is 0 Å². The van der Waals surface area contributed by atoms with E-state index in [1.54, 1.807) is 0 Å². The van der Waals surface area contributed by atoms with Gasteiger partial charge in [0.2, 0.25) is 0 Å². The Morgan fingerprint density at radius 2 is 1.50 bits per heavy atom. The van der Waals surface area contributed by atoms with Crippen molar-refractivity contribution in [2.45, 2.75) is 63.7 Å². The maximum absolute atomic E-state index is 10.4. The van der Waals surface area contributed by atoms with Crippen LogP contribution in [0.1, 0.15) is 48.6 Å². The summed E-state index contributed by atoms with van der Waals surface area (Å²) in [6, 6.07) is 15.5. The Kier molecular flexibility index (Phi) is 15.3. The van der Waals surface area contributed by atoms with Gasteiger partial charge in [-0.2, -0.15) is 0 Å². The highest BCUT2D eigenvalue weighted by Crippen LogP contribution is 2.34. The molecular formula is C30H43FO9. The fourth-order valence-corrected chi connectivity index (χ4v) is 4.21. The third-order valence-electron chi connectivity index (χ3n) is 6.41. The molecule has 2 aliphatic rings. The van der Waals surface area contributed by atoms with Crippen LogP contribution < -0.4 is 0 Å². The van der Waals surface area contributed by atoms with E-state index < -0.39 is 44.1 Å². The summed E-state index contributed by atoms with van der Waals surface area (Å²) in [4.78, 5) is 10.4. The van der Waals surface area contributed by atoms with E-state index >= 15 is 0 Å². The van der Waals surface area contributed by atoms with E-state index in [0.717, 1.165) is 43.5 Å². The van der Waals surface area contributed by atoms with Crippen molar-refractivity contribution < 1.29 is 49.2 Å². The summed E-state index contributed by atoms with van der Waals surface area (Å²) in [5.41, 5.74) is 3.96. The molecule has 6 unspecified atom stereocenters. The maximum atomic E-state index is 10.4. The first kappa shape index (κ1) is 32.2. The van der Waals surface area contributed by atoms with E-state index in [4.69, 9.17) is 29.8 Å². The Morgan fingerprint density at radius 3 is 2.00 bits per heavy atom. The summed E-state index contributed by atoms with van der Waals surface area (Å²) < 4.78 is 48.3. The molecule has 2 aliphatic heterocycles. The minimum absolute atomic E-state index is 0.255. The van der Waals surface area contributed by atoms with Gasteiger partial charge >= 0.3 is 0 Å². The Morgan fingerprint density at radius 1 is 0.950 bits per heavy atom. The number of hydrogen-bond acceptors (Lipinski definition) is 9. The molecule has 2 heterocycles. The number of carbonyl (C=O) groups excluding carboxylic acids is 1. The lowest BCUT2D eigenvalue weighted by atomic mass is 9.98. The number of alkyl halides is 1. The number of ether oxygens (including phenoxy) is 6. The number of fused-ring (bicyclic) bond motifs is 1. The Hall–Kier alpha value is -2.28. The molecule has 10 heteroatoms. The van der Waals surface area contributed by atoms with Crippen molar-refractivity contribution in [3.8, 4) is 0 Å². The average molecular weight is 568 g/mol. The van der Waals surface area contributed by atoms with Crippen LogP contribution in [0.25, 0.3) is 0 Å². The van der Waals surface area contributed by atoms with Crippen molar-refractivity contribution in [3.63, 3.8) is 0 Å². The molecule has 2 aromatic rings. The minimum Gasteiger partial charge on any atom is -0.387 e. The van der Waals surface area contributed by atoms with Crippen LogP contribution in [0.3, 0.4) is 0 Å².